The largest absolute Gasteiger partial charge is 0.481 e. The number of carbonyl (C=O) groups is 1. The fourth-order valence-corrected chi connectivity index (χ4v) is 1.84. The van der Waals surface area contributed by atoms with Crippen molar-refractivity contribution in [3.8, 4) is 6.07 Å². The lowest BCUT2D eigenvalue weighted by atomic mass is 9.77. The standard InChI is InChI=1S/C14H18N2O2/c1-14(2,3)11(13(17)18)6-9-4-5-10(8-15)12(16)7-9/h4-5,7,11H,6,16H2,1-3H3,(H,17,18). The lowest BCUT2D eigenvalue weighted by Gasteiger charge is -2.27. The highest BCUT2D eigenvalue weighted by molar-refractivity contribution is 5.71. The fraction of sp³-hybridized carbons (Fsp3) is 0.429. The summed E-state index contributed by atoms with van der Waals surface area (Å²) in [5.74, 6) is -1.30. The molecule has 0 aliphatic heterocycles. The number of anilines is 1. The van der Waals surface area contributed by atoms with E-state index in [-0.39, 0.29) is 5.41 Å². The van der Waals surface area contributed by atoms with Crippen molar-refractivity contribution in [2.45, 2.75) is 27.2 Å². The van der Waals surface area contributed by atoms with Crippen molar-refractivity contribution in [1.29, 1.82) is 5.26 Å². The van der Waals surface area contributed by atoms with E-state index in [2.05, 4.69) is 0 Å². The van der Waals surface area contributed by atoms with Gasteiger partial charge in [0, 0.05) is 5.69 Å². The molecule has 0 amide bonds. The summed E-state index contributed by atoms with van der Waals surface area (Å²) in [6.45, 7) is 5.70. The number of hydrogen-bond donors (Lipinski definition) is 2. The number of nitriles is 1. The summed E-state index contributed by atoms with van der Waals surface area (Å²) in [4.78, 5) is 11.3. The molecule has 1 rings (SSSR count). The Balaban J connectivity index is 3.00. The second-order valence-electron chi connectivity index (χ2n) is 5.49. The Labute approximate surface area is 107 Å². The molecule has 0 radical (unpaired) electrons. The number of nitrogens with zero attached hydrogens (tertiary/aromatic N) is 1. The second-order valence-corrected chi connectivity index (χ2v) is 5.49. The topological polar surface area (TPSA) is 87.1 Å². The Hall–Kier alpha value is -2.02. The maximum Gasteiger partial charge on any atom is 0.307 e. The lowest BCUT2D eigenvalue weighted by Crippen LogP contribution is -2.30. The van der Waals surface area contributed by atoms with E-state index in [9.17, 15) is 9.90 Å². The molecule has 1 atom stereocenters. The maximum absolute atomic E-state index is 11.3. The first-order valence-corrected chi connectivity index (χ1v) is 5.77. The van der Waals surface area contributed by atoms with Gasteiger partial charge in [0.1, 0.15) is 6.07 Å². The van der Waals surface area contributed by atoms with E-state index in [1.165, 1.54) is 0 Å². The number of hydrogen-bond acceptors (Lipinski definition) is 3. The predicted octanol–water partition coefficient (Wildman–Crippen LogP) is 2.43. The number of carboxylic acids is 1. The van der Waals surface area contributed by atoms with Gasteiger partial charge in [0.05, 0.1) is 11.5 Å². The van der Waals surface area contributed by atoms with Crippen molar-refractivity contribution >= 4 is 11.7 Å². The van der Waals surface area contributed by atoms with Crippen LogP contribution >= 0.6 is 0 Å². The summed E-state index contributed by atoms with van der Waals surface area (Å²) < 4.78 is 0. The minimum Gasteiger partial charge on any atom is -0.481 e. The van der Waals surface area contributed by atoms with Gasteiger partial charge in [-0.2, -0.15) is 5.26 Å². The number of rotatable bonds is 3. The van der Waals surface area contributed by atoms with Crippen molar-refractivity contribution < 1.29 is 9.90 Å². The first kappa shape index (κ1) is 14.0. The third-order valence-corrected chi connectivity index (χ3v) is 3.02. The Morgan fingerprint density at radius 3 is 2.50 bits per heavy atom. The number of nitrogen functional groups attached to an aromatic ring is 1. The molecule has 4 heteroatoms. The molecule has 0 saturated carbocycles. The average molecular weight is 246 g/mol. The van der Waals surface area contributed by atoms with Gasteiger partial charge >= 0.3 is 5.97 Å². The van der Waals surface area contributed by atoms with Crippen molar-refractivity contribution in [2.75, 3.05) is 5.73 Å². The zero-order valence-corrected chi connectivity index (χ0v) is 10.9. The molecule has 0 spiro atoms. The van der Waals surface area contributed by atoms with Crippen LogP contribution in [0.15, 0.2) is 18.2 Å². The van der Waals surface area contributed by atoms with Gasteiger partial charge in [-0.3, -0.25) is 4.79 Å². The Morgan fingerprint density at radius 1 is 1.50 bits per heavy atom. The van der Waals surface area contributed by atoms with Crippen LogP contribution in [0.3, 0.4) is 0 Å². The molecule has 0 aliphatic rings. The zero-order valence-electron chi connectivity index (χ0n) is 10.9. The molecular weight excluding hydrogens is 228 g/mol. The van der Waals surface area contributed by atoms with E-state index in [4.69, 9.17) is 11.0 Å². The molecular formula is C14H18N2O2. The molecule has 0 aliphatic carbocycles. The van der Waals surface area contributed by atoms with Crippen molar-refractivity contribution in [2.24, 2.45) is 11.3 Å². The van der Waals surface area contributed by atoms with Crippen LogP contribution in [0, 0.1) is 22.7 Å². The third kappa shape index (κ3) is 3.24. The smallest absolute Gasteiger partial charge is 0.307 e. The molecule has 96 valence electrons. The van der Waals surface area contributed by atoms with Gasteiger partial charge in [0.15, 0.2) is 0 Å². The molecule has 0 fully saturated rings. The highest BCUT2D eigenvalue weighted by Crippen LogP contribution is 2.30. The molecule has 3 N–H and O–H groups in total. The molecule has 0 saturated heterocycles. The fourth-order valence-electron chi connectivity index (χ4n) is 1.84. The van der Waals surface area contributed by atoms with E-state index in [1.807, 2.05) is 26.8 Å². The SMILES string of the molecule is CC(C)(C)C(Cc1ccc(C#N)c(N)c1)C(=O)O. The first-order chi connectivity index (χ1) is 8.25. The minimum atomic E-state index is -0.814. The zero-order chi connectivity index (χ0) is 13.9. The van der Waals surface area contributed by atoms with Crippen LogP contribution in [-0.4, -0.2) is 11.1 Å². The highest BCUT2D eigenvalue weighted by atomic mass is 16.4. The number of benzene rings is 1. The van der Waals surface area contributed by atoms with Gasteiger partial charge in [-0.1, -0.05) is 26.8 Å². The van der Waals surface area contributed by atoms with E-state index < -0.39 is 11.9 Å². The average Bonchev–Trinajstić information content (AvgIpc) is 2.24. The maximum atomic E-state index is 11.3. The molecule has 0 aromatic heterocycles. The van der Waals surface area contributed by atoms with Gasteiger partial charge in [-0.25, -0.2) is 0 Å². The lowest BCUT2D eigenvalue weighted by molar-refractivity contribution is -0.145. The number of carboxylic acid groups (broad SMARTS) is 1. The molecule has 18 heavy (non-hydrogen) atoms. The van der Waals surface area contributed by atoms with Gasteiger partial charge in [-0.05, 0) is 29.5 Å². The third-order valence-electron chi connectivity index (χ3n) is 3.02. The predicted molar refractivity (Wildman–Crippen MR) is 69.9 cm³/mol. The van der Waals surface area contributed by atoms with Gasteiger partial charge < -0.3 is 10.8 Å². The monoisotopic (exact) mass is 246 g/mol. The van der Waals surface area contributed by atoms with E-state index in [0.29, 0.717) is 17.7 Å². The number of aliphatic carboxylic acids is 1. The summed E-state index contributed by atoms with van der Waals surface area (Å²) in [7, 11) is 0. The van der Waals surface area contributed by atoms with Crippen LogP contribution in [0.1, 0.15) is 31.9 Å². The second kappa shape index (κ2) is 5.09. The van der Waals surface area contributed by atoms with Crippen LogP contribution in [0.2, 0.25) is 0 Å². The van der Waals surface area contributed by atoms with Crippen molar-refractivity contribution in [1.82, 2.24) is 0 Å². The van der Waals surface area contributed by atoms with Crippen LogP contribution in [0.4, 0.5) is 5.69 Å². The van der Waals surface area contributed by atoms with E-state index in [0.717, 1.165) is 5.56 Å². The van der Waals surface area contributed by atoms with Gasteiger partial charge in [-0.15, -0.1) is 0 Å². The van der Waals surface area contributed by atoms with E-state index in [1.54, 1.807) is 18.2 Å². The quantitative estimate of drug-likeness (QED) is 0.802. The van der Waals surface area contributed by atoms with Crippen LogP contribution in [0.5, 0.6) is 0 Å². The Morgan fingerprint density at radius 2 is 2.11 bits per heavy atom. The molecule has 1 aromatic carbocycles. The molecule has 0 bridgehead atoms. The highest BCUT2D eigenvalue weighted by Gasteiger charge is 2.31. The Kier molecular flexibility index (Phi) is 3.97. The van der Waals surface area contributed by atoms with Crippen LogP contribution < -0.4 is 5.73 Å². The summed E-state index contributed by atoms with van der Waals surface area (Å²) >= 11 is 0. The molecule has 4 nitrogen and oxygen atoms in total. The molecule has 1 aromatic rings. The normalized spacial score (nSPS) is 12.8. The van der Waals surface area contributed by atoms with Crippen molar-refractivity contribution in [3.05, 3.63) is 29.3 Å². The summed E-state index contributed by atoms with van der Waals surface area (Å²) in [5, 5.41) is 18.0. The summed E-state index contributed by atoms with van der Waals surface area (Å²) in [5.41, 5.74) is 7.05. The van der Waals surface area contributed by atoms with E-state index >= 15 is 0 Å². The molecule has 1 unspecified atom stereocenters. The first-order valence-electron chi connectivity index (χ1n) is 5.77. The van der Waals surface area contributed by atoms with Crippen LogP contribution in [0.25, 0.3) is 0 Å². The minimum absolute atomic E-state index is 0.325. The van der Waals surface area contributed by atoms with Gasteiger partial charge in [0.2, 0.25) is 0 Å². The number of nitrogens with two attached hydrogens (primary N) is 1. The molecule has 0 heterocycles. The summed E-state index contributed by atoms with van der Waals surface area (Å²) in [6.07, 6.45) is 0.411. The summed E-state index contributed by atoms with van der Waals surface area (Å²) in [6, 6.07) is 7.06. The van der Waals surface area contributed by atoms with Crippen LogP contribution in [-0.2, 0) is 11.2 Å². The Bertz CT molecular complexity index is 495. The van der Waals surface area contributed by atoms with Gasteiger partial charge in [0.25, 0.3) is 0 Å². The van der Waals surface area contributed by atoms with Crippen molar-refractivity contribution in [3.63, 3.8) is 0 Å².